The highest BCUT2D eigenvalue weighted by Gasteiger charge is 2.31. The fourth-order valence-corrected chi connectivity index (χ4v) is 3.75. The van der Waals surface area contributed by atoms with E-state index in [2.05, 4.69) is 33.4 Å². The van der Waals surface area contributed by atoms with E-state index in [1.807, 2.05) is 12.1 Å². The fourth-order valence-electron chi connectivity index (χ4n) is 3.48. The Morgan fingerprint density at radius 2 is 2.00 bits per heavy atom. The van der Waals surface area contributed by atoms with E-state index >= 15 is 0 Å². The zero-order valence-electron chi connectivity index (χ0n) is 12.8. The van der Waals surface area contributed by atoms with E-state index in [0.717, 1.165) is 37.6 Å². The maximum atomic E-state index is 6.57. The molecule has 3 nitrogen and oxygen atoms in total. The number of halogens is 1. The Bertz CT molecular complexity index is 662. The standard InChI is InChI=1S/C18H22ClN3/c19-18-15(12-14-3-1-2-4-16(14)21-18)17(11-13-5-6-13)22-9-7-20-8-10-22/h1-4,12-13,17,20H,5-11H2/t17-/m1/s1. The first-order valence-electron chi connectivity index (χ1n) is 8.31. The summed E-state index contributed by atoms with van der Waals surface area (Å²) in [5, 5.41) is 5.32. The van der Waals surface area contributed by atoms with Crippen molar-refractivity contribution in [1.29, 1.82) is 0 Å². The predicted octanol–water partition coefficient (Wildman–Crippen LogP) is 3.63. The summed E-state index contributed by atoms with van der Waals surface area (Å²) in [6.07, 6.45) is 3.97. The van der Waals surface area contributed by atoms with E-state index in [4.69, 9.17) is 11.6 Å². The average molecular weight is 316 g/mol. The maximum Gasteiger partial charge on any atom is 0.134 e. The Labute approximate surface area is 136 Å². The molecule has 0 radical (unpaired) electrons. The van der Waals surface area contributed by atoms with Gasteiger partial charge in [0, 0.05) is 43.2 Å². The average Bonchev–Trinajstić information content (AvgIpc) is 3.37. The molecule has 0 spiro atoms. The quantitative estimate of drug-likeness (QED) is 0.873. The van der Waals surface area contributed by atoms with E-state index in [-0.39, 0.29) is 0 Å². The molecule has 2 heterocycles. The van der Waals surface area contributed by atoms with Crippen molar-refractivity contribution >= 4 is 22.5 Å². The zero-order chi connectivity index (χ0) is 14.9. The van der Waals surface area contributed by atoms with Crippen LogP contribution >= 0.6 is 11.6 Å². The molecule has 4 rings (SSSR count). The molecule has 2 aromatic rings. The second kappa shape index (κ2) is 6.15. The Morgan fingerprint density at radius 3 is 2.77 bits per heavy atom. The number of aromatic nitrogens is 1. The molecule has 2 fully saturated rings. The number of hydrogen-bond acceptors (Lipinski definition) is 3. The Kier molecular flexibility index (Phi) is 4.03. The minimum Gasteiger partial charge on any atom is -0.314 e. The van der Waals surface area contributed by atoms with Gasteiger partial charge in [-0.1, -0.05) is 42.6 Å². The number of pyridine rings is 1. The lowest BCUT2D eigenvalue weighted by molar-refractivity contribution is 0.160. The molecule has 0 amide bonds. The molecule has 1 aliphatic heterocycles. The lowest BCUT2D eigenvalue weighted by Crippen LogP contribution is -2.45. The van der Waals surface area contributed by atoms with Crippen LogP contribution in [-0.4, -0.2) is 36.1 Å². The van der Waals surface area contributed by atoms with E-state index in [9.17, 15) is 0 Å². The van der Waals surface area contributed by atoms with E-state index < -0.39 is 0 Å². The van der Waals surface area contributed by atoms with Gasteiger partial charge in [-0.2, -0.15) is 0 Å². The molecule has 0 unspecified atom stereocenters. The molecule has 22 heavy (non-hydrogen) atoms. The molecule has 1 saturated heterocycles. The smallest absolute Gasteiger partial charge is 0.134 e. The summed E-state index contributed by atoms with van der Waals surface area (Å²) in [5.41, 5.74) is 2.20. The third-order valence-electron chi connectivity index (χ3n) is 4.91. The summed E-state index contributed by atoms with van der Waals surface area (Å²) in [6, 6.07) is 10.9. The molecule has 116 valence electrons. The highest BCUT2D eigenvalue weighted by Crippen LogP contribution is 2.42. The van der Waals surface area contributed by atoms with Gasteiger partial charge < -0.3 is 5.32 Å². The zero-order valence-corrected chi connectivity index (χ0v) is 13.5. The van der Waals surface area contributed by atoms with E-state index in [1.54, 1.807) is 0 Å². The Balaban J connectivity index is 1.71. The number of benzene rings is 1. The maximum absolute atomic E-state index is 6.57. The van der Waals surface area contributed by atoms with Gasteiger partial charge in [0.15, 0.2) is 0 Å². The number of fused-ring (bicyclic) bond motifs is 1. The van der Waals surface area contributed by atoms with Crippen LogP contribution in [0.3, 0.4) is 0 Å². The summed E-state index contributed by atoms with van der Waals surface area (Å²) in [5.74, 6) is 0.877. The molecule has 1 aromatic carbocycles. The second-order valence-corrected chi connectivity index (χ2v) is 6.90. The number of piperazine rings is 1. The van der Waals surface area contributed by atoms with Crippen LogP contribution < -0.4 is 5.32 Å². The lowest BCUT2D eigenvalue weighted by atomic mass is 9.98. The van der Waals surface area contributed by atoms with Crippen molar-refractivity contribution in [3.05, 3.63) is 41.0 Å². The third-order valence-corrected chi connectivity index (χ3v) is 5.21. The van der Waals surface area contributed by atoms with Gasteiger partial charge in [-0.3, -0.25) is 4.90 Å². The van der Waals surface area contributed by atoms with Crippen molar-refractivity contribution in [1.82, 2.24) is 15.2 Å². The van der Waals surface area contributed by atoms with Gasteiger partial charge in [0.2, 0.25) is 0 Å². The van der Waals surface area contributed by atoms with Gasteiger partial charge in [0.05, 0.1) is 5.52 Å². The number of nitrogens with one attached hydrogen (secondary N) is 1. The Morgan fingerprint density at radius 1 is 1.23 bits per heavy atom. The predicted molar refractivity (Wildman–Crippen MR) is 91.3 cm³/mol. The van der Waals surface area contributed by atoms with Crippen LogP contribution in [0, 0.1) is 5.92 Å². The van der Waals surface area contributed by atoms with Crippen molar-refractivity contribution in [2.24, 2.45) is 5.92 Å². The summed E-state index contributed by atoms with van der Waals surface area (Å²) in [7, 11) is 0. The van der Waals surface area contributed by atoms with Crippen LogP contribution in [0.5, 0.6) is 0 Å². The fraction of sp³-hybridized carbons (Fsp3) is 0.500. The molecule has 2 aliphatic rings. The molecule has 1 aliphatic carbocycles. The first-order chi connectivity index (χ1) is 10.8. The minimum absolute atomic E-state index is 0.416. The molecule has 1 N–H and O–H groups in total. The van der Waals surface area contributed by atoms with Gasteiger partial charge in [-0.25, -0.2) is 4.98 Å². The van der Waals surface area contributed by atoms with Crippen LogP contribution in [0.4, 0.5) is 0 Å². The van der Waals surface area contributed by atoms with E-state index in [0.29, 0.717) is 11.2 Å². The summed E-state index contributed by atoms with van der Waals surface area (Å²) in [6.45, 7) is 4.33. The van der Waals surface area contributed by atoms with Crippen molar-refractivity contribution in [3.8, 4) is 0 Å². The molecule has 0 bridgehead atoms. The van der Waals surface area contributed by atoms with Gasteiger partial charge in [-0.15, -0.1) is 0 Å². The third kappa shape index (κ3) is 2.98. The molecular formula is C18H22ClN3. The van der Waals surface area contributed by atoms with Crippen LogP contribution in [0.1, 0.15) is 30.9 Å². The normalized spacial score (nSPS) is 21.1. The monoisotopic (exact) mass is 315 g/mol. The molecule has 1 atom stereocenters. The lowest BCUT2D eigenvalue weighted by Gasteiger charge is -2.35. The van der Waals surface area contributed by atoms with Crippen molar-refractivity contribution in [3.63, 3.8) is 0 Å². The number of hydrogen-bond donors (Lipinski definition) is 1. The second-order valence-electron chi connectivity index (χ2n) is 6.54. The first kappa shape index (κ1) is 14.4. The van der Waals surface area contributed by atoms with Gasteiger partial charge >= 0.3 is 0 Å². The minimum atomic E-state index is 0.416. The van der Waals surface area contributed by atoms with Gasteiger partial charge in [0.25, 0.3) is 0 Å². The summed E-state index contributed by atoms with van der Waals surface area (Å²) in [4.78, 5) is 7.23. The van der Waals surface area contributed by atoms with Crippen molar-refractivity contribution in [2.75, 3.05) is 26.2 Å². The van der Waals surface area contributed by atoms with Crippen molar-refractivity contribution in [2.45, 2.75) is 25.3 Å². The van der Waals surface area contributed by atoms with Gasteiger partial charge in [0.1, 0.15) is 5.15 Å². The van der Waals surface area contributed by atoms with Crippen LogP contribution in [-0.2, 0) is 0 Å². The molecular weight excluding hydrogens is 294 g/mol. The van der Waals surface area contributed by atoms with Gasteiger partial charge in [-0.05, 0) is 24.5 Å². The first-order valence-corrected chi connectivity index (χ1v) is 8.69. The number of nitrogens with zero attached hydrogens (tertiary/aromatic N) is 2. The topological polar surface area (TPSA) is 28.2 Å². The Hall–Kier alpha value is -1.16. The number of para-hydroxylation sites is 1. The highest BCUT2D eigenvalue weighted by molar-refractivity contribution is 6.30. The van der Waals surface area contributed by atoms with Crippen LogP contribution in [0.2, 0.25) is 5.15 Å². The SMILES string of the molecule is Clc1nc2ccccc2cc1[C@@H](CC1CC1)N1CCNCC1. The van der Waals surface area contributed by atoms with Crippen molar-refractivity contribution < 1.29 is 0 Å². The molecule has 1 saturated carbocycles. The number of rotatable bonds is 4. The largest absolute Gasteiger partial charge is 0.314 e. The molecule has 1 aromatic heterocycles. The summed E-state index contributed by atoms with van der Waals surface area (Å²) < 4.78 is 0. The van der Waals surface area contributed by atoms with Crippen LogP contribution in [0.25, 0.3) is 10.9 Å². The molecule has 4 heteroatoms. The van der Waals surface area contributed by atoms with E-state index in [1.165, 1.54) is 30.2 Å². The summed E-state index contributed by atoms with van der Waals surface area (Å²) >= 11 is 6.57. The van der Waals surface area contributed by atoms with Crippen LogP contribution in [0.15, 0.2) is 30.3 Å². The highest BCUT2D eigenvalue weighted by atomic mass is 35.5.